The molecule has 1 heterocycles. The molecule has 0 fully saturated rings. The zero-order valence-corrected chi connectivity index (χ0v) is 9.57. The lowest BCUT2D eigenvalue weighted by Gasteiger charge is -2.13. The average molecular weight is 216 g/mol. The van der Waals surface area contributed by atoms with Crippen molar-refractivity contribution in [2.45, 2.75) is 13.0 Å². The van der Waals surface area contributed by atoms with Crippen LogP contribution in [0.2, 0.25) is 0 Å². The minimum absolute atomic E-state index is 0.489. The number of hydrogen-bond donors (Lipinski definition) is 2. The van der Waals surface area contributed by atoms with Crippen LogP contribution >= 0.6 is 0 Å². The first-order valence-corrected chi connectivity index (χ1v) is 5.41. The number of aryl methyl sites for hydroxylation is 1. The van der Waals surface area contributed by atoms with E-state index in [0.29, 0.717) is 6.54 Å². The lowest BCUT2D eigenvalue weighted by molar-refractivity contribution is 0.179. The van der Waals surface area contributed by atoms with E-state index in [9.17, 15) is 5.11 Å². The molecule has 0 aliphatic carbocycles. The van der Waals surface area contributed by atoms with Crippen molar-refractivity contribution >= 4 is 10.9 Å². The van der Waals surface area contributed by atoms with Crippen molar-refractivity contribution in [3.63, 3.8) is 0 Å². The van der Waals surface area contributed by atoms with E-state index >= 15 is 0 Å². The summed E-state index contributed by atoms with van der Waals surface area (Å²) in [6.45, 7) is 2.50. The van der Waals surface area contributed by atoms with Gasteiger partial charge >= 0.3 is 0 Å². The molecule has 2 aromatic rings. The normalized spacial score (nSPS) is 12.9. The second-order valence-electron chi connectivity index (χ2n) is 3.94. The largest absolute Gasteiger partial charge is 0.387 e. The van der Waals surface area contributed by atoms with Crippen molar-refractivity contribution in [1.29, 1.82) is 0 Å². The molecule has 84 valence electrons. The summed E-state index contributed by atoms with van der Waals surface area (Å²) in [5.74, 6) is 0. The number of aromatic nitrogens is 1. The molecule has 3 heteroatoms. The number of pyridine rings is 1. The number of aliphatic hydroxyl groups is 1. The number of fused-ring (bicyclic) bond motifs is 1. The summed E-state index contributed by atoms with van der Waals surface area (Å²) in [6, 6.07) is 9.84. The molecule has 1 aromatic heterocycles. The van der Waals surface area contributed by atoms with E-state index in [1.54, 1.807) is 0 Å². The highest BCUT2D eigenvalue weighted by Gasteiger charge is 2.11. The maximum atomic E-state index is 10.1. The third kappa shape index (κ3) is 2.05. The third-order valence-corrected chi connectivity index (χ3v) is 2.63. The molecule has 1 unspecified atom stereocenters. The van der Waals surface area contributed by atoms with Crippen molar-refractivity contribution in [2.75, 3.05) is 13.6 Å². The van der Waals surface area contributed by atoms with E-state index in [1.807, 2.05) is 44.3 Å². The molecule has 0 radical (unpaired) electrons. The van der Waals surface area contributed by atoms with Crippen LogP contribution in [0.25, 0.3) is 10.9 Å². The summed E-state index contributed by atoms with van der Waals surface area (Å²) in [7, 11) is 1.83. The van der Waals surface area contributed by atoms with Crippen molar-refractivity contribution < 1.29 is 5.11 Å². The highest BCUT2D eigenvalue weighted by atomic mass is 16.3. The van der Waals surface area contributed by atoms with E-state index in [2.05, 4.69) is 10.3 Å². The molecule has 0 aliphatic rings. The number of aliphatic hydroxyl groups excluding tert-OH is 1. The molecule has 0 saturated heterocycles. The summed E-state index contributed by atoms with van der Waals surface area (Å²) in [6.07, 6.45) is -0.489. The minimum Gasteiger partial charge on any atom is -0.387 e. The first-order valence-electron chi connectivity index (χ1n) is 5.41. The van der Waals surface area contributed by atoms with Gasteiger partial charge in [-0.05, 0) is 31.7 Å². The SMILES string of the molecule is CNCC(O)c1cc(C)nc2ccccc12. The second-order valence-corrected chi connectivity index (χ2v) is 3.94. The Morgan fingerprint density at radius 1 is 1.38 bits per heavy atom. The highest BCUT2D eigenvalue weighted by molar-refractivity contribution is 5.82. The Kier molecular flexibility index (Phi) is 3.17. The molecule has 1 atom stereocenters. The first-order chi connectivity index (χ1) is 7.72. The van der Waals surface area contributed by atoms with Crippen LogP contribution in [0.3, 0.4) is 0 Å². The Bertz CT molecular complexity index is 496. The Morgan fingerprint density at radius 3 is 2.88 bits per heavy atom. The molecule has 0 bridgehead atoms. The fourth-order valence-corrected chi connectivity index (χ4v) is 1.92. The monoisotopic (exact) mass is 216 g/mol. The number of rotatable bonds is 3. The van der Waals surface area contributed by atoms with Crippen LogP contribution in [-0.4, -0.2) is 23.7 Å². The fourth-order valence-electron chi connectivity index (χ4n) is 1.92. The van der Waals surface area contributed by atoms with Crippen LogP contribution in [0.5, 0.6) is 0 Å². The van der Waals surface area contributed by atoms with Gasteiger partial charge in [0, 0.05) is 17.6 Å². The molecule has 0 saturated carbocycles. The van der Waals surface area contributed by atoms with Gasteiger partial charge in [-0.15, -0.1) is 0 Å². The molecule has 2 N–H and O–H groups in total. The standard InChI is InChI=1S/C13H16N2O/c1-9-7-11(13(16)8-14-2)10-5-3-4-6-12(10)15-9/h3-7,13-14,16H,8H2,1-2H3. The van der Waals surface area contributed by atoms with Crippen LogP contribution in [0.1, 0.15) is 17.4 Å². The van der Waals surface area contributed by atoms with Gasteiger partial charge in [0.25, 0.3) is 0 Å². The Morgan fingerprint density at radius 2 is 2.12 bits per heavy atom. The summed E-state index contributed by atoms with van der Waals surface area (Å²) in [4.78, 5) is 4.45. The third-order valence-electron chi connectivity index (χ3n) is 2.63. The number of likely N-dealkylation sites (N-methyl/N-ethyl adjacent to an activating group) is 1. The summed E-state index contributed by atoms with van der Waals surface area (Å²) < 4.78 is 0. The predicted octanol–water partition coefficient (Wildman–Crippen LogP) is 1.80. The molecule has 16 heavy (non-hydrogen) atoms. The molecular weight excluding hydrogens is 200 g/mol. The van der Waals surface area contributed by atoms with Gasteiger partial charge in [0.1, 0.15) is 0 Å². The predicted molar refractivity (Wildman–Crippen MR) is 65.4 cm³/mol. The zero-order chi connectivity index (χ0) is 11.5. The quantitative estimate of drug-likeness (QED) is 0.822. The van der Waals surface area contributed by atoms with E-state index in [0.717, 1.165) is 22.2 Å². The Labute approximate surface area is 95.1 Å². The average Bonchev–Trinajstić information content (AvgIpc) is 2.28. The lowest BCUT2D eigenvalue weighted by Crippen LogP contribution is -2.17. The summed E-state index contributed by atoms with van der Waals surface area (Å²) >= 11 is 0. The van der Waals surface area contributed by atoms with Crippen LogP contribution in [0, 0.1) is 6.92 Å². The number of hydrogen-bond acceptors (Lipinski definition) is 3. The fraction of sp³-hybridized carbons (Fsp3) is 0.308. The summed E-state index contributed by atoms with van der Waals surface area (Å²) in [5, 5.41) is 14.1. The molecule has 2 rings (SSSR count). The van der Waals surface area contributed by atoms with Crippen LogP contribution in [-0.2, 0) is 0 Å². The van der Waals surface area contributed by atoms with Gasteiger partial charge in [-0.25, -0.2) is 0 Å². The van der Waals surface area contributed by atoms with Crippen molar-refractivity contribution in [1.82, 2.24) is 10.3 Å². The van der Waals surface area contributed by atoms with Gasteiger partial charge in [-0.1, -0.05) is 18.2 Å². The van der Waals surface area contributed by atoms with E-state index in [-0.39, 0.29) is 0 Å². The van der Waals surface area contributed by atoms with Gasteiger partial charge in [-0.2, -0.15) is 0 Å². The van der Waals surface area contributed by atoms with Gasteiger partial charge in [-0.3, -0.25) is 4.98 Å². The van der Waals surface area contributed by atoms with Gasteiger partial charge < -0.3 is 10.4 Å². The van der Waals surface area contributed by atoms with Gasteiger partial charge in [0.2, 0.25) is 0 Å². The van der Waals surface area contributed by atoms with E-state index in [1.165, 1.54) is 0 Å². The van der Waals surface area contributed by atoms with Crippen LogP contribution in [0.4, 0.5) is 0 Å². The number of nitrogens with one attached hydrogen (secondary N) is 1. The van der Waals surface area contributed by atoms with Crippen molar-refractivity contribution in [2.24, 2.45) is 0 Å². The first kappa shape index (κ1) is 11.0. The molecule has 3 nitrogen and oxygen atoms in total. The van der Waals surface area contributed by atoms with Crippen LogP contribution in [0.15, 0.2) is 30.3 Å². The summed E-state index contributed by atoms with van der Waals surface area (Å²) in [5.41, 5.74) is 2.81. The van der Waals surface area contributed by atoms with E-state index in [4.69, 9.17) is 0 Å². The molecule has 1 aromatic carbocycles. The number of nitrogens with zero attached hydrogens (tertiary/aromatic N) is 1. The van der Waals surface area contributed by atoms with Gasteiger partial charge in [0.05, 0.1) is 11.6 Å². The van der Waals surface area contributed by atoms with Crippen LogP contribution < -0.4 is 5.32 Å². The zero-order valence-electron chi connectivity index (χ0n) is 9.57. The molecule has 0 aliphatic heterocycles. The maximum absolute atomic E-state index is 10.1. The topological polar surface area (TPSA) is 45.1 Å². The molecular formula is C13H16N2O. The Balaban J connectivity index is 2.58. The van der Waals surface area contributed by atoms with E-state index < -0.39 is 6.10 Å². The lowest BCUT2D eigenvalue weighted by atomic mass is 10.0. The Hall–Kier alpha value is -1.45. The maximum Gasteiger partial charge on any atom is 0.0921 e. The second kappa shape index (κ2) is 4.60. The minimum atomic E-state index is -0.489. The smallest absolute Gasteiger partial charge is 0.0921 e. The van der Waals surface area contributed by atoms with Crippen molar-refractivity contribution in [3.8, 4) is 0 Å². The molecule has 0 amide bonds. The number of para-hydroxylation sites is 1. The number of benzene rings is 1. The highest BCUT2D eigenvalue weighted by Crippen LogP contribution is 2.23. The van der Waals surface area contributed by atoms with Gasteiger partial charge in [0.15, 0.2) is 0 Å². The molecule has 0 spiro atoms. The van der Waals surface area contributed by atoms with Crippen molar-refractivity contribution in [3.05, 3.63) is 41.6 Å².